The first-order chi connectivity index (χ1) is 9.72. The third kappa shape index (κ3) is 2.67. The molecule has 0 bridgehead atoms. The predicted molar refractivity (Wildman–Crippen MR) is 78.9 cm³/mol. The molecule has 0 amide bonds. The molecule has 0 saturated carbocycles. The lowest BCUT2D eigenvalue weighted by atomic mass is 10.0. The van der Waals surface area contributed by atoms with Crippen LogP contribution in [0.5, 0.6) is 5.75 Å². The van der Waals surface area contributed by atoms with Crippen LogP contribution in [0.4, 0.5) is 0 Å². The molecule has 108 valence electrons. The normalized spacial score (nSPS) is 12.4. The van der Waals surface area contributed by atoms with E-state index < -0.39 is 0 Å². The molecule has 2 aromatic rings. The van der Waals surface area contributed by atoms with Crippen molar-refractivity contribution in [1.82, 2.24) is 20.1 Å². The van der Waals surface area contributed by atoms with Gasteiger partial charge in [-0.15, -0.1) is 0 Å². The van der Waals surface area contributed by atoms with Crippen LogP contribution < -0.4 is 10.1 Å². The summed E-state index contributed by atoms with van der Waals surface area (Å²) in [6.07, 6.45) is 3.59. The van der Waals surface area contributed by atoms with E-state index in [2.05, 4.69) is 42.2 Å². The van der Waals surface area contributed by atoms with E-state index in [4.69, 9.17) is 4.74 Å². The van der Waals surface area contributed by atoms with Gasteiger partial charge in [-0.2, -0.15) is 5.10 Å². The Balaban J connectivity index is 2.54. The summed E-state index contributed by atoms with van der Waals surface area (Å²) in [6.45, 7) is 7.88. The number of nitrogens with zero attached hydrogens (tertiary/aromatic N) is 3. The summed E-state index contributed by atoms with van der Waals surface area (Å²) in [4.78, 5) is 4.54. The van der Waals surface area contributed by atoms with Crippen LogP contribution in [0.3, 0.4) is 0 Å². The number of pyridine rings is 1. The molecule has 2 heterocycles. The van der Waals surface area contributed by atoms with Crippen LogP contribution in [0.15, 0.2) is 24.5 Å². The zero-order chi connectivity index (χ0) is 14.5. The van der Waals surface area contributed by atoms with Gasteiger partial charge in [0.05, 0.1) is 25.0 Å². The van der Waals surface area contributed by atoms with Crippen LogP contribution in [-0.2, 0) is 6.54 Å². The van der Waals surface area contributed by atoms with Crippen LogP contribution in [0.1, 0.15) is 36.8 Å². The Labute approximate surface area is 120 Å². The Morgan fingerprint density at radius 1 is 1.40 bits per heavy atom. The van der Waals surface area contributed by atoms with Crippen molar-refractivity contribution in [2.75, 3.05) is 13.7 Å². The quantitative estimate of drug-likeness (QED) is 0.878. The van der Waals surface area contributed by atoms with E-state index in [1.807, 2.05) is 16.9 Å². The Bertz CT molecular complexity index is 543. The number of hydrogen-bond acceptors (Lipinski definition) is 4. The van der Waals surface area contributed by atoms with E-state index in [-0.39, 0.29) is 6.04 Å². The molecular formula is C15H22N4O. The summed E-state index contributed by atoms with van der Waals surface area (Å²) in [5.41, 5.74) is 3.20. The average molecular weight is 274 g/mol. The van der Waals surface area contributed by atoms with Gasteiger partial charge in [0.15, 0.2) is 5.75 Å². The molecule has 0 aromatic carbocycles. The second-order valence-electron chi connectivity index (χ2n) is 4.61. The fourth-order valence-corrected chi connectivity index (χ4v) is 2.41. The second kappa shape index (κ2) is 6.52. The van der Waals surface area contributed by atoms with Gasteiger partial charge in [0.2, 0.25) is 0 Å². The SMILES string of the molecule is CCNC(c1ncccc1C)c1c(OC)cnn1CC. The summed E-state index contributed by atoms with van der Waals surface area (Å²) in [7, 11) is 1.68. The molecule has 0 aliphatic rings. The molecule has 0 radical (unpaired) electrons. The van der Waals surface area contributed by atoms with Crippen molar-refractivity contribution in [3.8, 4) is 5.75 Å². The molecule has 1 N–H and O–H groups in total. The Morgan fingerprint density at radius 3 is 2.80 bits per heavy atom. The molecular weight excluding hydrogens is 252 g/mol. The van der Waals surface area contributed by atoms with Crippen molar-refractivity contribution in [2.24, 2.45) is 0 Å². The van der Waals surface area contributed by atoms with E-state index in [0.717, 1.165) is 35.8 Å². The fourth-order valence-electron chi connectivity index (χ4n) is 2.41. The topological polar surface area (TPSA) is 52.0 Å². The van der Waals surface area contributed by atoms with E-state index in [0.29, 0.717) is 0 Å². The molecule has 1 atom stereocenters. The van der Waals surface area contributed by atoms with E-state index in [1.165, 1.54) is 0 Å². The van der Waals surface area contributed by atoms with Crippen molar-refractivity contribution in [3.63, 3.8) is 0 Å². The molecule has 0 fully saturated rings. The highest BCUT2D eigenvalue weighted by atomic mass is 16.5. The van der Waals surface area contributed by atoms with Gasteiger partial charge in [0, 0.05) is 12.7 Å². The minimum absolute atomic E-state index is 0.0152. The maximum absolute atomic E-state index is 5.47. The van der Waals surface area contributed by atoms with Gasteiger partial charge in [-0.25, -0.2) is 0 Å². The largest absolute Gasteiger partial charge is 0.493 e. The number of hydrogen-bond donors (Lipinski definition) is 1. The maximum Gasteiger partial charge on any atom is 0.161 e. The Hall–Kier alpha value is -1.88. The number of rotatable bonds is 6. The van der Waals surface area contributed by atoms with Crippen molar-refractivity contribution in [1.29, 1.82) is 0 Å². The number of nitrogens with one attached hydrogen (secondary N) is 1. The predicted octanol–water partition coefficient (Wildman–Crippen LogP) is 2.31. The molecule has 2 aromatic heterocycles. The summed E-state index contributed by atoms with van der Waals surface area (Å²) in [5, 5.41) is 7.88. The van der Waals surface area contributed by atoms with Gasteiger partial charge in [-0.05, 0) is 32.0 Å². The van der Waals surface area contributed by atoms with Gasteiger partial charge < -0.3 is 10.1 Å². The van der Waals surface area contributed by atoms with Crippen molar-refractivity contribution in [3.05, 3.63) is 41.5 Å². The third-order valence-corrected chi connectivity index (χ3v) is 3.37. The summed E-state index contributed by atoms with van der Waals surface area (Å²) >= 11 is 0. The van der Waals surface area contributed by atoms with Crippen LogP contribution in [0.25, 0.3) is 0 Å². The number of aromatic nitrogens is 3. The zero-order valence-electron chi connectivity index (χ0n) is 12.6. The highest BCUT2D eigenvalue weighted by Crippen LogP contribution is 2.30. The van der Waals surface area contributed by atoms with E-state index in [9.17, 15) is 0 Å². The van der Waals surface area contributed by atoms with Crippen LogP contribution in [0, 0.1) is 6.92 Å². The fraction of sp³-hybridized carbons (Fsp3) is 0.467. The monoisotopic (exact) mass is 274 g/mol. The van der Waals surface area contributed by atoms with Gasteiger partial charge in [0.25, 0.3) is 0 Å². The maximum atomic E-state index is 5.47. The lowest BCUT2D eigenvalue weighted by Gasteiger charge is -2.21. The van der Waals surface area contributed by atoms with Crippen LogP contribution >= 0.6 is 0 Å². The molecule has 1 unspecified atom stereocenters. The molecule has 0 spiro atoms. The van der Waals surface area contributed by atoms with E-state index >= 15 is 0 Å². The lowest BCUT2D eigenvalue weighted by Crippen LogP contribution is -2.26. The summed E-state index contributed by atoms with van der Waals surface area (Å²) < 4.78 is 7.42. The second-order valence-corrected chi connectivity index (χ2v) is 4.61. The number of methoxy groups -OCH3 is 1. The third-order valence-electron chi connectivity index (χ3n) is 3.37. The van der Waals surface area contributed by atoms with Crippen LogP contribution in [0.2, 0.25) is 0 Å². The number of aryl methyl sites for hydroxylation is 2. The van der Waals surface area contributed by atoms with Gasteiger partial charge >= 0.3 is 0 Å². The molecule has 5 heteroatoms. The van der Waals surface area contributed by atoms with Crippen molar-refractivity contribution < 1.29 is 4.74 Å². The standard InChI is InChI=1S/C15H22N4O/c1-5-16-14(13-11(3)8-7-9-17-13)15-12(20-4)10-18-19(15)6-2/h7-10,14,16H,5-6H2,1-4H3. The highest BCUT2D eigenvalue weighted by Gasteiger charge is 2.24. The molecule has 2 rings (SSSR count). The molecule has 20 heavy (non-hydrogen) atoms. The molecule has 0 aliphatic carbocycles. The van der Waals surface area contributed by atoms with Crippen molar-refractivity contribution in [2.45, 2.75) is 33.4 Å². The number of ether oxygens (including phenoxy) is 1. The Kier molecular flexibility index (Phi) is 4.74. The molecule has 0 saturated heterocycles. The lowest BCUT2D eigenvalue weighted by molar-refractivity contribution is 0.398. The van der Waals surface area contributed by atoms with Crippen molar-refractivity contribution >= 4 is 0 Å². The minimum Gasteiger partial charge on any atom is -0.493 e. The first-order valence-electron chi connectivity index (χ1n) is 6.97. The Morgan fingerprint density at radius 2 is 2.20 bits per heavy atom. The smallest absolute Gasteiger partial charge is 0.161 e. The zero-order valence-corrected chi connectivity index (χ0v) is 12.6. The molecule has 0 aliphatic heterocycles. The van der Waals surface area contributed by atoms with Gasteiger partial charge in [-0.1, -0.05) is 13.0 Å². The summed E-state index contributed by atoms with van der Waals surface area (Å²) in [5.74, 6) is 0.794. The molecule has 5 nitrogen and oxygen atoms in total. The van der Waals surface area contributed by atoms with Gasteiger partial charge in [-0.3, -0.25) is 9.67 Å². The first-order valence-corrected chi connectivity index (χ1v) is 6.97. The van der Waals surface area contributed by atoms with E-state index in [1.54, 1.807) is 13.3 Å². The van der Waals surface area contributed by atoms with Gasteiger partial charge in [0.1, 0.15) is 5.69 Å². The summed E-state index contributed by atoms with van der Waals surface area (Å²) in [6, 6.07) is 4.01. The highest BCUT2D eigenvalue weighted by molar-refractivity contribution is 5.36. The average Bonchev–Trinajstić information content (AvgIpc) is 2.88. The first kappa shape index (κ1) is 14.5. The minimum atomic E-state index is -0.0152. The van der Waals surface area contributed by atoms with Crippen LogP contribution in [-0.4, -0.2) is 28.4 Å².